The van der Waals surface area contributed by atoms with Gasteiger partial charge in [0.2, 0.25) is 0 Å². The molecule has 1 aromatic rings. The van der Waals surface area contributed by atoms with Crippen molar-refractivity contribution in [1.82, 2.24) is 0 Å². The Labute approximate surface area is 152 Å². The zero-order chi connectivity index (χ0) is 18.5. The number of hydrogen-bond donors (Lipinski definition) is 0. The Morgan fingerprint density at radius 1 is 0.583 bits per heavy atom. The van der Waals surface area contributed by atoms with Gasteiger partial charge in [0.05, 0.1) is 0 Å². The molecule has 0 aromatic heterocycles. The maximum Gasteiger partial charge on any atom is 0.351 e. The first-order chi connectivity index (χ1) is 10.8. The summed E-state index contributed by atoms with van der Waals surface area (Å²) in [6.07, 6.45) is 0. The first-order valence-corrected chi connectivity index (χ1v) is 17.7. The van der Waals surface area contributed by atoms with Crippen molar-refractivity contribution >= 4 is 40.9 Å². The molecule has 0 spiro atoms. The molecule has 0 N–H and O–H groups in total. The molecule has 1 aliphatic heterocycles. The second-order valence-corrected chi connectivity index (χ2v) is 20.0. The van der Waals surface area contributed by atoms with E-state index in [0.29, 0.717) is 0 Å². The monoisotopic (exact) mass is 400 g/mol. The highest BCUT2D eigenvalue weighted by Crippen LogP contribution is 2.28. The van der Waals surface area contributed by atoms with E-state index in [1.54, 1.807) is 0 Å². The van der Waals surface area contributed by atoms with Gasteiger partial charge in [0.1, 0.15) is 0 Å². The second kappa shape index (κ2) is 6.58. The Balaban J connectivity index is 2.58. The first-order valence-electron chi connectivity index (χ1n) is 8.55. The van der Waals surface area contributed by atoms with Crippen molar-refractivity contribution < 1.29 is 16.5 Å². The molecule has 2 rings (SSSR count). The lowest BCUT2D eigenvalue weighted by Crippen LogP contribution is -2.65. The Hall–Kier alpha value is -0.0725. The van der Waals surface area contributed by atoms with E-state index in [1.165, 1.54) is 33.0 Å². The molecule has 1 aromatic carbocycles. The average Bonchev–Trinajstić information content (AvgIpc) is 2.39. The van der Waals surface area contributed by atoms with E-state index in [0.717, 1.165) is 0 Å². The molecule has 1 aliphatic rings. The molecule has 1 saturated heterocycles. The minimum absolute atomic E-state index is 1.12. The van der Waals surface area contributed by atoms with Gasteiger partial charge in [-0.1, -0.05) is 0 Å². The summed E-state index contributed by atoms with van der Waals surface area (Å²) in [5.74, 6) is 0. The van der Waals surface area contributed by atoms with Crippen molar-refractivity contribution in [2.45, 2.75) is 67.4 Å². The normalized spacial score (nSPS) is 27.8. The largest absolute Gasteiger partial charge is 0.420 e. The van der Waals surface area contributed by atoms with Gasteiger partial charge in [-0.15, -0.1) is 0 Å². The maximum atomic E-state index is 6.72. The third-order valence-corrected chi connectivity index (χ3v) is 20.2. The van der Waals surface area contributed by atoms with E-state index in [4.69, 9.17) is 16.5 Å². The van der Waals surface area contributed by atoms with Crippen LogP contribution in [0.1, 0.15) is 27.8 Å². The van der Waals surface area contributed by atoms with Crippen molar-refractivity contribution in [3.05, 3.63) is 27.8 Å². The lowest BCUT2D eigenvalue weighted by molar-refractivity contribution is 0.265. The first kappa shape index (κ1) is 20.2. The Morgan fingerprint density at radius 2 is 1.04 bits per heavy atom. The number of rotatable bonds is 1. The van der Waals surface area contributed by atoms with Crippen molar-refractivity contribution in [3.8, 4) is 0 Å². The number of hydrogen-bond acceptors (Lipinski definition) is 4. The summed E-state index contributed by atoms with van der Waals surface area (Å²) in [4.78, 5) is 0. The fourth-order valence-electron chi connectivity index (χ4n) is 3.73. The molecule has 0 aliphatic carbocycles. The van der Waals surface area contributed by atoms with Gasteiger partial charge in [-0.2, -0.15) is 0 Å². The third-order valence-electron chi connectivity index (χ3n) is 5.13. The predicted octanol–water partition coefficient (Wildman–Crippen LogP) is 2.99. The summed E-state index contributed by atoms with van der Waals surface area (Å²) in [5, 5.41) is 1.28. The van der Waals surface area contributed by atoms with Crippen molar-refractivity contribution in [1.29, 1.82) is 0 Å². The fraction of sp³-hybridized carbons (Fsp3) is 0.625. The predicted molar refractivity (Wildman–Crippen MR) is 109 cm³/mol. The molecular weight excluding hydrogens is 369 g/mol. The fourth-order valence-corrected chi connectivity index (χ4v) is 19.8. The van der Waals surface area contributed by atoms with Gasteiger partial charge < -0.3 is 16.5 Å². The van der Waals surface area contributed by atoms with Gasteiger partial charge >= 0.3 is 25.7 Å². The molecule has 136 valence electrons. The summed E-state index contributed by atoms with van der Waals surface area (Å²) >= 11 is 0. The van der Waals surface area contributed by atoms with Gasteiger partial charge in [0.25, 0.3) is 10.0 Å². The topological polar surface area (TPSA) is 36.9 Å². The molecule has 24 heavy (non-hydrogen) atoms. The lowest BCUT2D eigenvalue weighted by Gasteiger charge is -2.43. The standard InChI is InChI=1S/C16H32O4Si4/c1-11-12(2)14(4)16(15(5)13(11)3)24(10)18-21-17-22(6,7)19-23(8,9)20-24/h21H2,1-10H3. The summed E-state index contributed by atoms with van der Waals surface area (Å²) < 4.78 is 25.7. The van der Waals surface area contributed by atoms with Crippen LogP contribution < -0.4 is 5.19 Å². The van der Waals surface area contributed by atoms with E-state index in [1.807, 2.05) is 0 Å². The van der Waals surface area contributed by atoms with Crippen LogP contribution in [0.2, 0.25) is 32.7 Å². The highest BCUT2D eigenvalue weighted by atomic mass is 28.5. The van der Waals surface area contributed by atoms with Crippen LogP contribution in [0, 0.1) is 34.6 Å². The van der Waals surface area contributed by atoms with Gasteiger partial charge in [-0.05, 0) is 100 Å². The van der Waals surface area contributed by atoms with Crippen molar-refractivity contribution in [2.24, 2.45) is 0 Å². The molecular formula is C16H32O4Si4. The lowest BCUT2D eigenvalue weighted by atomic mass is 9.95. The van der Waals surface area contributed by atoms with Crippen LogP contribution in [0.4, 0.5) is 0 Å². The molecule has 0 radical (unpaired) electrons. The van der Waals surface area contributed by atoms with E-state index >= 15 is 0 Å². The van der Waals surface area contributed by atoms with Crippen LogP contribution in [0.15, 0.2) is 0 Å². The zero-order valence-electron chi connectivity index (χ0n) is 16.8. The van der Waals surface area contributed by atoms with Crippen LogP contribution >= 0.6 is 0 Å². The molecule has 8 heteroatoms. The Kier molecular flexibility index (Phi) is 5.55. The SMILES string of the molecule is Cc1c(C)c(C)c([Si]2(C)O[SiH2]O[Si](C)(C)O[Si](C)(C)O2)c(C)c1C. The molecule has 1 atom stereocenters. The van der Waals surface area contributed by atoms with Crippen LogP contribution in [-0.4, -0.2) is 35.7 Å². The highest BCUT2D eigenvalue weighted by Gasteiger charge is 2.49. The maximum absolute atomic E-state index is 6.72. The molecule has 1 unspecified atom stereocenters. The highest BCUT2D eigenvalue weighted by molar-refractivity contribution is 6.93. The van der Waals surface area contributed by atoms with Crippen LogP contribution in [0.5, 0.6) is 0 Å². The van der Waals surface area contributed by atoms with Crippen LogP contribution in [-0.2, 0) is 16.5 Å². The smallest absolute Gasteiger partial charge is 0.351 e. The van der Waals surface area contributed by atoms with Crippen molar-refractivity contribution in [2.75, 3.05) is 0 Å². The molecule has 0 amide bonds. The molecule has 4 nitrogen and oxygen atoms in total. The molecule has 0 bridgehead atoms. The van der Waals surface area contributed by atoms with E-state index in [-0.39, 0.29) is 0 Å². The van der Waals surface area contributed by atoms with E-state index in [2.05, 4.69) is 67.4 Å². The van der Waals surface area contributed by atoms with E-state index in [9.17, 15) is 0 Å². The molecule has 1 fully saturated rings. The van der Waals surface area contributed by atoms with Gasteiger partial charge in [0, 0.05) is 0 Å². The van der Waals surface area contributed by atoms with Crippen LogP contribution in [0.3, 0.4) is 0 Å². The van der Waals surface area contributed by atoms with Gasteiger partial charge in [-0.3, -0.25) is 0 Å². The Bertz CT molecular complexity index is 631. The third kappa shape index (κ3) is 3.85. The molecule has 0 saturated carbocycles. The average molecular weight is 401 g/mol. The minimum Gasteiger partial charge on any atom is -0.420 e. The quantitative estimate of drug-likeness (QED) is 0.679. The minimum atomic E-state index is -2.57. The molecule has 1 heterocycles. The summed E-state index contributed by atoms with van der Waals surface area (Å²) in [5.41, 5.74) is 6.66. The second-order valence-electron chi connectivity index (χ2n) is 7.86. The van der Waals surface area contributed by atoms with Gasteiger partial charge in [0.15, 0.2) is 0 Å². The van der Waals surface area contributed by atoms with Crippen molar-refractivity contribution in [3.63, 3.8) is 0 Å². The summed E-state index contributed by atoms with van der Waals surface area (Å²) in [7, 11) is -8.15. The van der Waals surface area contributed by atoms with E-state index < -0.39 is 35.7 Å². The van der Waals surface area contributed by atoms with Gasteiger partial charge in [-0.25, -0.2) is 0 Å². The zero-order valence-corrected chi connectivity index (χ0v) is 21.3. The van der Waals surface area contributed by atoms with Crippen LogP contribution in [0.25, 0.3) is 0 Å². The Morgan fingerprint density at radius 3 is 1.54 bits per heavy atom. The summed E-state index contributed by atoms with van der Waals surface area (Å²) in [6.45, 7) is 21.6. The number of benzene rings is 1. The summed E-state index contributed by atoms with van der Waals surface area (Å²) in [6, 6.07) is 0.